The molecule has 2 heterocycles. The number of allylic oxidation sites excluding steroid dienone is 6. The molecule has 6 nitrogen and oxygen atoms in total. The van der Waals surface area contributed by atoms with Crippen LogP contribution in [-0.2, 0) is 9.53 Å². The summed E-state index contributed by atoms with van der Waals surface area (Å²) in [4.78, 5) is 19.4. The van der Waals surface area contributed by atoms with Crippen LogP contribution in [-0.4, -0.2) is 54.1 Å². The summed E-state index contributed by atoms with van der Waals surface area (Å²) in [7, 11) is 4.08. The van der Waals surface area contributed by atoms with Crippen LogP contribution >= 0.6 is 11.6 Å². The number of anilines is 1. The summed E-state index contributed by atoms with van der Waals surface area (Å²) in [6.45, 7) is 8.25. The number of alkyl halides is 1. The highest BCUT2D eigenvalue weighted by molar-refractivity contribution is 6.27. The summed E-state index contributed by atoms with van der Waals surface area (Å²) in [6.07, 6.45) is 12.0. The molecule has 2 aliphatic carbocycles. The number of halogens is 1. The molecule has 1 aromatic rings. The van der Waals surface area contributed by atoms with Crippen molar-refractivity contribution in [1.29, 1.82) is 0 Å². The van der Waals surface area contributed by atoms with Crippen LogP contribution in [0.1, 0.15) is 39.2 Å². The lowest BCUT2D eigenvalue weighted by Gasteiger charge is -2.34. The maximum absolute atomic E-state index is 12.0. The van der Waals surface area contributed by atoms with Crippen molar-refractivity contribution >= 4 is 34.9 Å². The first-order valence-corrected chi connectivity index (χ1v) is 13.9. The van der Waals surface area contributed by atoms with E-state index in [0.717, 1.165) is 41.2 Å². The number of benzene rings is 1. The maximum Gasteiger partial charge on any atom is 0.409 e. The van der Waals surface area contributed by atoms with Gasteiger partial charge >= 0.3 is 12.0 Å². The number of aliphatic carboxylic acids is 1. The first kappa shape index (κ1) is 26.5. The van der Waals surface area contributed by atoms with Gasteiger partial charge in [0.2, 0.25) is 0 Å². The molecule has 1 N–H and O–H groups in total. The van der Waals surface area contributed by atoms with E-state index in [4.69, 9.17) is 21.3 Å². The zero-order valence-electron chi connectivity index (χ0n) is 22.8. The van der Waals surface area contributed by atoms with E-state index in [2.05, 4.69) is 42.2 Å². The molecule has 0 radical (unpaired) electrons. The monoisotopic (exact) mass is 534 g/mol. The Morgan fingerprint density at radius 1 is 1.18 bits per heavy atom. The lowest BCUT2D eigenvalue weighted by molar-refractivity contribution is -0.769. The van der Waals surface area contributed by atoms with E-state index in [1.54, 1.807) is 6.08 Å². The number of quaternary nitrogens is 1. The maximum atomic E-state index is 12.0. The standard InChI is InChI=1S/C31H36ClN3O3/c1-6-24-19(2)9-14-23(17-26(24)30(36)37)38-31-33-27-18-25(28(32)20(3)29(27)35(31,4)5)21-10-12-22(13-11-21)34-15-7-8-16-34/h6,9-14,17-20,26,28H,7-8,15-16H2,1-5H3/p+1. The highest BCUT2D eigenvalue weighted by Crippen LogP contribution is 2.45. The minimum atomic E-state index is -0.892. The summed E-state index contributed by atoms with van der Waals surface area (Å²) >= 11 is 7.08. The second kappa shape index (κ2) is 10.2. The van der Waals surface area contributed by atoms with Gasteiger partial charge in [-0.15, -0.1) is 11.6 Å². The smallest absolute Gasteiger partial charge is 0.409 e. The van der Waals surface area contributed by atoms with Gasteiger partial charge in [0, 0.05) is 18.8 Å². The van der Waals surface area contributed by atoms with Crippen molar-refractivity contribution in [3.8, 4) is 0 Å². The minimum absolute atomic E-state index is 0.00262. The summed E-state index contributed by atoms with van der Waals surface area (Å²) in [5.41, 5.74) is 6.22. The molecule has 4 unspecified atom stereocenters. The fraction of sp³-hybridized carbons (Fsp3) is 0.419. The van der Waals surface area contributed by atoms with Crippen molar-refractivity contribution in [2.24, 2.45) is 22.7 Å². The first-order valence-electron chi connectivity index (χ1n) is 13.5. The molecular weight excluding hydrogens is 498 g/mol. The Morgan fingerprint density at radius 3 is 2.50 bits per heavy atom. The van der Waals surface area contributed by atoms with Gasteiger partial charge in [0.05, 0.1) is 25.4 Å². The van der Waals surface area contributed by atoms with Crippen molar-refractivity contribution in [1.82, 2.24) is 0 Å². The van der Waals surface area contributed by atoms with Gasteiger partial charge in [-0.1, -0.05) is 38.1 Å². The Morgan fingerprint density at radius 2 is 1.87 bits per heavy atom. The number of hydrogen-bond donors (Lipinski definition) is 1. The number of rotatable bonds is 4. The molecule has 0 spiro atoms. The van der Waals surface area contributed by atoms with Gasteiger partial charge < -0.3 is 14.7 Å². The van der Waals surface area contributed by atoms with E-state index in [1.165, 1.54) is 18.5 Å². The predicted octanol–water partition coefficient (Wildman–Crippen LogP) is 6.34. The Bertz CT molecular complexity index is 1310. The van der Waals surface area contributed by atoms with E-state index in [0.29, 0.717) is 16.3 Å². The molecular formula is C31H37ClN3O3+. The molecule has 7 heteroatoms. The van der Waals surface area contributed by atoms with Crippen LogP contribution < -0.4 is 4.90 Å². The largest absolute Gasteiger partial charge is 0.481 e. The van der Waals surface area contributed by atoms with Gasteiger partial charge in [-0.25, -0.2) is 4.48 Å². The van der Waals surface area contributed by atoms with Crippen LogP contribution in [0.2, 0.25) is 0 Å². The second-order valence-electron chi connectivity index (χ2n) is 11.1. The van der Waals surface area contributed by atoms with Crippen LogP contribution in [0.3, 0.4) is 0 Å². The normalized spacial score (nSPS) is 29.6. The molecule has 1 aromatic carbocycles. The molecule has 1 fully saturated rings. The third kappa shape index (κ3) is 4.65. The lowest BCUT2D eigenvalue weighted by Crippen LogP contribution is -2.46. The van der Waals surface area contributed by atoms with Gasteiger partial charge in [-0.05, 0) is 72.8 Å². The fourth-order valence-corrected chi connectivity index (χ4v) is 6.47. The second-order valence-corrected chi connectivity index (χ2v) is 11.5. The molecule has 0 aromatic heterocycles. The summed E-state index contributed by atoms with van der Waals surface area (Å²) in [6, 6.07) is 9.21. The van der Waals surface area contributed by atoms with Gasteiger partial charge in [0.25, 0.3) is 0 Å². The quantitative estimate of drug-likeness (QED) is 0.278. The highest BCUT2D eigenvalue weighted by Gasteiger charge is 2.48. The average molecular weight is 535 g/mol. The average Bonchev–Trinajstić information content (AvgIpc) is 3.46. The molecule has 0 saturated carbocycles. The number of nitrogens with zero attached hydrogens (tertiary/aromatic N) is 3. The Labute approximate surface area is 230 Å². The number of aliphatic imine (C=N–C) groups is 1. The third-order valence-corrected chi connectivity index (χ3v) is 8.88. The summed E-state index contributed by atoms with van der Waals surface area (Å²) in [5, 5.41) is 9.67. The molecule has 4 atom stereocenters. The molecule has 2 aliphatic heterocycles. The van der Waals surface area contributed by atoms with Gasteiger partial charge in [0.15, 0.2) is 0 Å². The number of amidine groups is 1. The van der Waals surface area contributed by atoms with Gasteiger partial charge in [-0.3, -0.25) is 4.79 Å². The third-order valence-electron chi connectivity index (χ3n) is 8.26. The molecule has 0 bridgehead atoms. The van der Waals surface area contributed by atoms with Gasteiger partial charge in [-0.2, -0.15) is 4.99 Å². The predicted molar refractivity (Wildman–Crippen MR) is 154 cm³/mol. The molecule has 200 valence electrons. The number of carboxylic acids is 1. The molecule has 1 saturated heterocycles. The Hall–Kier alpha value is -3.09. The highest BCUT2D eigenvalue weighted by atomic mass is 35.5. The van der Waals surface area contributed by atoms with Crippen LogP contribution in [0.4, 0.5) is 5.69 Å². The van der Waals surface area contributed by atoms with E-state index in [-0.39, 0.29) is 17.2 Å². The number of carboxylic acid groups (broad SMARTS) is 1. The minimum Gasteiger partial charge on any atom is -0.481 e. The first-order chi connectivity index (χ1) is 18.1. The van der Waals surface area contributed by atoms with Crippen LogP contribution in [0, 0.1) is 17.8 Å². The van der Waals surface area contributed by atoms with Crippen LogP contribution in [0.5, 0.6) is 0 Å². The lowest BCUT2D eigenvalue weighted by atomic mass is 9.86. The van der Waals surface area contributed by atoms with Crippen molar-refractivity contribution in [2.45, 2.75) is 39.0 Å². The fourth-order valence-electron chi connectivity index (χ4n) is 6.16. The van der Waals surface area contributed by atoms with Crippen molar-refractivity contribution in [2.75, 3.05) is 32.1 Å². The van der Waals surface area contributed by atoms with E-state index in [9.17, 15) is 9.90 Å². The molecule has 0 amide bonds. The van der Waals surface area contributed by atoms with Gasteiger partial charge in [0.1, 0.15) is 23.1 Å². The summed E-state index contributed by atoms with van der Waals surface area (Å²) in [5.74, 6) is -1.12. The van der Waals surface area contributed by atoms with E-state index in [1.807, 2.05) is 46.2 Å². The number of carbonyl (C=O) groups is 1. The van der Waals surface area contributed by atoms with Crippen molar-refractivity contribution in [3.63, 3.8) is 0 Å². The molecule has 5 rings (SSSR count). The zero-order valence-corrected chi connectivity index (χ0v) is 23.6. The SMILES string of the molecule is CC=C1C(C)C=CC(OC2=NC3=C(C(C)C(Cl)C(c4ccc(N5CCCC5)cc4)=C3)[N+]2(C)C)=CC1C(=O)O. The number of hydrogen-bond acceptors (Lipinski definition) is 4. The zero-order chi connectivity index (χ0) is 27.2. The molecule has 4 aliphatic rings. The topological polar surface area (TPSA) is 62.1 Å². The van der Waals surface area contributed by atoms with Crippen LogP contribution in [0.25, 0.3) is 5.57 Å². The van der Waals surface area contributed by atoms with Crippen molar-refractivity contribution < 1.29 is 19.1 Å². The Kier molecular flexibility index (Phi) is 7.14. The summed E-state index contributed by atoms with van der Waals surface area (Å²) < 4.78 is 6.67. The Balaban J connectivity index is 1.45. The van der Waals surface area contributed by atoms with E-state index < -0.39 is 11.9 Å². The number of ether oxygens (including phenoxy) is 1. The van der Waals surface area contributed by atoms with E-state index >= 15 is 0 Å². The van der Waals surface area contributed by atoms with Crippen LogP contribution in [0.15, 0.2) is 82.4 Å². The molecule has 38 heavy (non-hydrogen) atoms. The van der Waals surface area contributed by atoms with Crippen molar-refractivity contribution in [3.05, 3.63) is 82.9 Å².